The summed E-state index contributed by atoms with van der Waals surface area (Å²) in [5.41, 5.74) is 4.73. The average molecular weight is 284 g/mol. The lowest BCUT2D eigenvalue weighted by atomic mass is 9.59. The fourth-order valence-electron chi connectivity index (χ4n) is 4.44. The van der Waals surface area contributed by atoms with Crippen LogP contribution >= 0.6 is 0 Å². The van der Waals surface area contributed by atoms with Gasteiger partial charge in [0.25, 0.3) is 0 Å². The second-order valence-corrected chi connectivity index (χ2v) is 7.54. The molecule has 2 unspecified atom stereocenters. The van der Waals surface area contributed by atoms with Gasteiger partial charge in [-0.1, -0.05) is 65.0 Å². The van der Waals surface area contributed by atoms with Crippen molar-refractivity contribution in [3.05, 3.63) is 41.5 Å². The maximum absolute atomic E-state index is 2.48. The van der Waals surface area contributed by atoms with Crippen LogP contribution in [0, 0.1) is 23.2 Å². The van der Waals surface area contributed by atoms with Crippen molar-refractivity contribution in [1.29, 1.82) is 0 Å². The first kappa shape index (κ1) is 16.3. The van der Waals surface area contributed by atoms with Crippen LogP contribution in [0.2, 0.25) is 0 Å². The van der Waals surface area contributed by atoms with Crippen molar-refractivity contribution in [3.63, 3.8) is 0 Å². The highest BCUT2D eigenvalue weighted by Gasteiger charge is 2.40. The van der Waals surface area contributed by atoms with Gasteiger partial charge in [0.1, 0.15) is 0 Å². The molecule has 1 aliphatic carbocycles. The summed E-state index contributed by atoms with van der Waals surface area (Å²) in [7, 11) is 0. The average Bonchev–Trinajstić information content (AvgIpc) is 2.46. The van der Waals surface area contributed by atoms with Crippen LogP contribution in [0.1, 0.15) is 65.5 Å². The fourth-order valence-corrected chi connectivity index (χ4v) is 4.44. The Morgan fingerprint density at radius 1 is 1.10 bits per heavy atom. The van der Waals surface area contributed by atoms with Gasteiger partial charge in [0.15, 0.2) is 0 Å². The van der Waals surface area contributed by atoms with Crippen LogP contribution < -0.4 is 0 Å². The van der Waals surface area contributed by atoms with Gasteiger partial charge in [-0.2, -0.15) is 0 Å². The summed E-state index contributed by atoms with van der Waals surface area (Å²) in [4.78, 5) is 0. The van der Waals surface area contributed by atoms with Crippen LogP contribution in [0.4, 0.5) is 0 Å². The summed E-state index contributed by atoms with van der Waals surface area (Å²) in [5.74, 6) is 2.46. The first-order valence-corrected chi connectivity index (χ1v) is 8.67. The molecule has 0 aromatic heterocycles. The number of benzene rings is 1. The highest BCUT2D eigenvalue weighted by molar-refractivity contribution is 5.70. The SMILES string of the molecule is C/C=C(\c1ccc(CC)cc1)C1(C)C[C@@H](C)C(C)[C@@H](C)C1. The topological polar surface area (TPSA) is 0 Å². The van der Waals surface area contributed by atoms with Gasteiger partial charge in [-0.15, -0.1) is 0 Å². The Bertz CT molecular complexity index is 479. The van der Waals surface area contributed by atoms with Crippen molar-refractivity contribution in [2.75, 3.05) is 0 Å². The second-order valence-electron chi connectivity index (χ2n) is 7.54. The molecule has 0 saturated heterocycles. The van der Waals surface area contributed by atoms with Gasteiger partial charge >= 0.3 is 0 Å². The largest absolute Gasteiger partial charge is 0.0833 e. The first-order chi connectivity index (χ1) is 9.91. The van der Waals surface area contributed by atoms with Crippen LogP contribution in [0.3, 0.4) is 0 Å². The van der Waals surface area contributed by atoms with Gasteiger partial charge in [-0.05, 0) is 66.1 Å². The molecule has 1 aromatic carbocycles. The van der Waals surface area contributed by atoms with Crippen LogP contribution in [-0.2, 0) is 6.42 Å². The van der Waals surface area contributed by atoms with Crippen molar-refractivity contribution in [2.45, 2.75) is 60.8 Å². The molecule has 0 aliphatic heterocycles. The van der Waals surface area contributed by atoms with Crippen LogP contribution in [-0.4, -0.2) is 0 Å². The molecule has 0 bridgehead atoms. The lowest BCUT2D eigenvalue weighted by Crippen LogP contribution is -2.35. The van der Waals surface area contributed by atoms with E-state index in [1.165, 1.54) is 24.0 Å². The minimum atomic E-state index is 0.327. The highest BCUT2D eigenvalue weighted by atomic mass is 14.4. The summed E-state index contributed by atoms with van der Waals surface area (Å²) in [6, 6.07) is 9.24. The Morgan fingerprint density at radius 2 is 1.62 bits per heavy atom. The van der Waals surface area contributed by atoms with E-state index in [-0.39, 0.29) is 0 Å². The predicted molar refractivity (Wildman–Crippen MR) is 94.3 cm³/mol. The van der Waals surface area contributed by atoms with Gasteiger partial charge in [0, 0.05) is 0 Å². The Hall–Kier alpha value is -1.04. The Morgan fingerprint density at radius 3 is 2.05 bits per heavy atom. The summed E-state index contributed by atoms with van der Waals surface area (Å²) in [6.45, 7) is 14.2. The third-order valence-corrected chi connectivity index (χ3v) is 5.95. The molecule has 2 rings (SSSR count). The molecule has 0 heteroatoms. The lowest BCUT2D eigenvalue weighted by Gasteiger charge is -2.46. The second kappa shape index (κ2) is 6.38. The molecule has 0 radical (unpaired) electrons. The van der Waals surface area contributed by atoms with Crippen LogP contribution in [0.15, 0.2) is 30.3 Å². The maximum atomic E-state index is 2.48. The Labute approximate surface area is 131 Å². The van der Waals surface area contributed by atoms with Crippen molar-refractivity contribution in [1.82, 2.24) is 0 Å². The maximum Gasteiger partial charge on any atom is -0.00673 e. The normalized spacial score (nSPS) is 34.0. The minimum Gasteiger partial charge on any atom is -0.0833 e. The zero-order valence-electron chi connectivity index (χ0n) is 14.7. The summed E-state index contributed by atoms with van der Waals surface area (Å²) < 4.78 is 0. The zero-order chi connectivity index (χ0) is 15.6. The molecule has 0 N–H and O–H groups in total. The molecule has 0 nitrogen and oxygen atoms in total. The van der Waals surface area contributed by atoms with E-state index >= 15 is 0 Å². The van der Waals surface area contributed by atoms with E-state index in [4.69, 9.17) is 0 Å². The third kappa shape index (κ3) is 3.25. The van der Waals surface area contributed by atoms with Crippen molar-refractivity contribution in [2.24, 2.45) is 23.2 Å². The molecule has 1 aliphatic rings. The van der Waals surface area contributed by atoms with Gasteiger partial charge in [-0.3, -0.25) is 0 Å². The lowest BCUT2D eigenvalue weighted by molar-refractivity contribution is 0.111. The van der Waals surface area contributed by atoms with E-state index in [1.54, 1.807) is 5.57 Å². The molecule has 4 atom stereocenters. The molecule has 1 saturated carbocycles. The predicted octanol–water partition coefficient (Wildman–Crippen LogP) is 6.36. The van der Waals surface area contributed by atoms with E-state index in [9.17, 15) is 0 Å². The Kier molecular flexibility index (Phi) is 4.96. The summed E-state index contributed by atoms with van der Waals surface area (Å²) in [5, 5.41) is 0. The quantitative estimate of drug-likeness (QED) is 0.605. The Balaban J connectivity index is 2.31. The number of rotatable bonds is 3. The van der Waals surface area contributed by atoms with E-state index < -0.39 is 0 Å². The minimum absolute atomic E-state index is 0.327. The third-order valence-electron chi connectivity index (χ3n) is 5.95. The van der Waals surface area contributed by atoms with E-state index in [0.29, 0.717) is 5.41 Å². The van der Waals surface area contributed by atoms with E-state index in [2.05, 4.69) is 71.9 Å². The van der Waals surface area contributed by atoms with Crippen molar-refractivity contribution < 1.29 is 0 Å². The molecule has 0 spiro atoms. The molecule has 21 heavy (non-hydrogen) atoms. The number of allylic oxidation sites excluding steroid dienone is 2. The molecular weight excluding hydrogens is 252 g/mol. The van der Waals surface area contributed by atoms with Gasteiger partial charge < -0.3 is 0 Å². The number of hydrogen-bond donors (Lipinski definition) is 0. The highest BCUT2D eigenvalue weighted by Crippen LogP contribution is 2.52. The monoisotopic (exact) mass is 284 g/mol. The van der Waals surface area contributed by atoms with Gasteiger partial charge in [0.05, 0.1) is 0 Å². The van der Waals surface area contributed by atoms with Crippen molar-refractivity contribution >= 4 is 5.57 Å². The standard InChI is InChI=1S/C21H32/c1-7-18-9-11-19(12-10-18)20(8-2)21(6)13-15(3)17(5)16(4)14-21/h8-12,15-17H,7,13-14H2,1-6H3/b20-8+/t15-,16+,17?,21?. The molecule has 1 fully saturated rings. The molecule has 0 heterocycles. The van der Waals surface area contributed by atoms with Crippen LogP contribution in [0.25, 0.3) is 5.57 Å². The number of aryl methyl sites for hydroxylation is 1. The summed E-state index contributed by atoms with van der Waals surface area (Å²) in [6.07, 6.45) is 6.10. The molecule has 116 valence electrons. The molecule has 0 amide bonds. The molecular formula is C21H32. The van der Waals surface area contributed by atoms with Crippen LogP contribution in [0.5, 0.6) is 0 Å². The molecule has 1 aromatic rings. The van der Waals surface area contributed by atoms with E-state index in [1.807, 2.05) is 0 Å². The van der Waals surface area contributed by atoms with E-state index in [0.717, 1.165) is 24.2 Å². The smallest absolute Gasteiger partial charge is 0.00673 e. The van der Waals surface area contributed by atoms with Gasteiger partial charge in [0.2, 0.25) is 0 Å². The van der Waals surface area contributed by atoms with Crippen molar-refractivity contribution in [3.8, 4) is 0 Å². The first-order valence-electron chi connectivity index (χ1n) is 8.67. The summed E-state index contributed by atoms with van der Waals surface area (Å²) >= 11 is 0. The fraction of sp³-hybridized carbons (Fsp3) is 0.619. The van der Waals surface area contributed by atoms with Gasteiger partial charge in [-0.25, -0.2) is 0 Å². The number of hydrogen-bond acceptors (Lipinski definition) is 0. The zero-order valence-corrected chi connectivity index (χ0v) is 14.7.